The van der Waals surface area contributed by atoms with Crippen molar-refractivity contribution in [1.82, 2.24) is 0 Å². The fourth-order valence-electron chi connectivity index (χ4n) is 1.06. The van der Waals surface area contributed by atoms with E-state index >= 15 is 0 Å². The summed E-state index contributed by atoms with van der Waals surface area (Å²) in [4.78, 5) is 10.2. The zero-order chi connectivity index (χ0) is 11.3. The van der Waals surface area contributed by atoms with E-state index < -0.39 is 12.8 Å². The van der Waals surface area contributed by atoms with Crippen LogP contribution in [0.2, 0.25) is 0 Å². The fourth-order valence-corrected chi connectivity index (χ4v) is 1.06. The van der Waals surface area contributed by atoms with Gasteiger partial charge in [-0.1, -0.05) is 18.2 Å². The number of alkyl halides is 3. The van der Waals surface area contributed by atoms with Crippen LogP contribution in [0, 0.1) is 0 Å². The first kappa shape index (κ1) is 11.6. The number of para-hydroxylation sites is 1. The molecule has 0 aliphatic carbocycles. The van der Waals surface area contributed by atoms with Gasteiger partial charge in [0.2, 0.25) is 0 Å². The zero-order valence-corrected chi connectivity index (χ0v) is 7.75. The summed E-state index contributed by atoms with van der Waals surface area (Å²) < 4.78 is 40.2. The van der Waals surface area contributed by atoms with Crippen LogP contribution < -0.4 is 4.74 Å². The lowest BCUT2D eigenvalue weighted by Gasteiger charge is -2.11. The van der Waals surface area contributed by atoms with Crippen molar-refractivity contribution in [2.45, 2.75) is 12.6 Å². The quantitative estimate of drug-likeness (QED) is 0.725. The van der Waals surface area contributed by atoms with E-state index in [2.05, 4.69) is 4.74 Å². The van der Waals surface area contributed by atoms with E-state index in [0.29, 0.717) is 11.8 Å². The Balaban J connectivity index is 2.71. The fraction of sp³-hybridized carbons (Fsp3) is 0.300. The van der Waals surface area contributed by atoms with Gasteiger partial charge in [0.15, 0.2) is 6.61 Å². The highest BCUT2D eigenvalue weighted by atomic mass is 19.4. The molecule has 0 amide bonds. The minimum absolute atomic E-state index is 0.0496. The van der Waals surface area contributed by atoms with Crippen molar-refractivity contribution in [3.05, 3.63) is 29.8 Å². The van der Waals surface area contributed by atoms with Gasteiger partial charge in [-0.3, -0.25) is 0 Å². The van der Waals surface area contributed by atoms with Crippen molar-refractivity contribution in [3.63, 3.8) is 0 Å². The molecule has 0 spiro atoms. The van der Waals surface area contributed by atoms with Gasteiger partial charge in [-0.25, -0.2) is 0 Å². The van der Waals surface area contributed by atoms with E-state index in [0.717, 1.165) is 0 Å². The van der Waals surface area contributed by atoms with Gasteiger partial charge in [-0.15, -0.1) is 0 Å². The highest BCUT2D eigenvalue weighted by molar-refractivity contribution is 5.57. The van der Waals surface area contributed by atoms with Crippen LogP contribution in [0.25, 0.3) is 0 Å². The number of carbonyl (C=O) groups excluding carboxylic acids is 1. The third-order valence-corrected chi connectivity index (χ3v) is 1.67. The van der Waals surface area contributed by atoms with Crippen LogP contribution in [0.4, 0.5) is 13.2 Å². The summed E-state index contributed by atoms with van der Waals surface area (Å²) in [6.45, 7) is -1.34. The van der Waals surface area contributed by atoms with Gasteiger partial charge in [-0.05, 0) is 6.07 Å². The van der Waals surface area contributed by atoms with Crippen molar-refractivity contribution in [2.24, 2.45) is 0 Å². The third kappa shape index (κ3) is 4.01. The largest absolute Gasteiger partial charge is 0.484 e. The minimum Gasteiger partial charge on any atom is -0.484 e. The summed E-state index contributed by atoms with van der Waals surface area (Å²) in [5.41, 5.74) is 0.455. The molecule has 0 atom stereocenters. The molecule has 0 N–H and O–H groups in total. The first-order chi connectivity index (χ1) is 7.03. The number of rotatable bonds is 4. The van der Waals surface area contributed by atoms with Crippen molar-refractivity contribution in [2.75, 3.05) is 6.61 Å². The monoisotopic (exact) mass is 218 g/mol. The molecule has 0 fully saturated rings. The normalized spacial score (nSPS) is 11.1. The molecule has 0 heterocycles. The molecule has 0 saturated heterocycles. The summed E-state index contributed by atoms with van der Waals surface area (Å²) >= 11 is 0. The lowest BCUT2D eigenvalue weighted by molar-refractivity contribution is -0.153. The van der Waals surface area contributed by atoms with E-state index in [1.54, 1.807) is 18.2 Å². The summed E-state index contributed by atoms with van der Waals surface area (Å²) in [5.74, 6) is 0.0990. The maximum Gasteiger partial charge on any atom is 0.422 e. The topological polar surface area (TPSA) is 26.3 Å². The van der Waals surface area contributed by atoms with Crippen molar-refractivity contribution in [1.29, 1.82) is 0 Å². The molecule has 15 heavy (non-hydrogen) atoms. The SMILES string of the molecule is O=CCc1ccccc1OCC(F)(F)F. The van der Waals surface area contributed by atoms with E-state index in [1.165, 1.54) is 6.07 Å². The lowest BCUT2D eigenvalue weighted by atomic mass is 10.1. The first-order valence-electron chi connectivity index (χ1n) is 4.24. The van der Waals surface area contributed by atoms with Gasteiger partial charge in [0.05, 0.1) is 0 Å². The highest BCUT2D eigenvalue weighted by Gasteiger charge is 2.28. The molecule has 0 aromatic heterocycles. The van der Waals surface area contributed by atoms with E-state index in [-0.39, 0.29) is 12.2 Å². The van der Waals surface area contributed by atoms with Crippen LogP contribution in [0.3, 0.4) is 0 Å². The second-order valence-electron chi connectivity index (χ2n) is 2.88. The van der Waals surface area contributed by atoms with E-state index in [1.807, 2.05) is 0 Å². The summed E-state index contributed by atoms with van der Waals surface area (Å²) in [5, 5.41) is 0. The zero-order valence-electron chi connectivity index (χ0n) is 7.75. The van der Waals surface area contributed by atoms with E-state index in [4.69, 9.17) is 0 Å². The number of carbonyl (C=O) groups is 1. The number of hydrogen-bond acceptors (Lipinski definition) is 2. The highest BCUT2D eigenvalue weighted by Crippen LogP contribution is 2.21. The first-order valence-corrected chi connectivity index (χ1v) is 4.24. The van der Waals surface area contributed by atoms with Gasteiger partial charge in [0.1, 0.15) is 12.0 Å². The van der Waals surface area contributed by atoms with Crippen LogP contribution in [0.1, 0.15) is 5.56 Å². The molecule has 0 radical (unpaired) electrons. The van der Waals surface area contributed by atoms with Crippen molar-refractivity contribution < 1.29 is 22.7 Å². The Bertz CT molecular complexity index is 334. The average Bonchev–Trinajstić information content (AvgIpc) is 2.16. The van der Waals surface area contributed by atoms with Crippen LogP contribution >= 0.6 is 0 Å². The van der Waals surface area contributed by atoms with Crippen LogP contribution in [-0.4, -0.2) is 19.1 Å². The average molecular weight is 218 g/mol. The van der Waals surface area contributed by atoms with Gasteiger partial charge in [-0.2, -0.15) is 13.2 Å². The molecule has 5 heteroatoms. The molecule has 1 aromatic rings. The smallest absolute Gasteiger partial charge is 0.422 e. The molecule has 0 aliphatic heterocycles. The van der Waals surface area contributed by atoms with Gasteiger partial charge >= 0.3 is 6.18 Å². The molecule has 0 aliphatic rings. The molecular formula is C10H9F3O2. The van der Waals surface area contributed by atoms with Gasteiger partial charge in [0, 0.05) is 12.0 Å². The Labute approximate surface area is 84.7 Å². The predicted octanol–water partition coefficient (Wildman–Crippen LogP) is 2.37. The second-order valence-corrected chi connectivity index (χ2v) is 2.88. The summed E-state index contributed by atoms with van der Waals surface area (Å²) in [6.07, 6.45) is -3.70. The Kier molecular flexibility index (Phi) is 3.71. The number of ether oxygens (including phenoxy) is 1. The second kappa shape index (κ2) is 4.82. The van der Waals surface area contributed by atoms with Crippen LogP contribution in [0.15, 0.2) is 24.3 Å². The molecular weight excluding hydrogens is 209 g/mol. The van der Waals surface area contributed by atoms with Gasteiger partial charge in [0.25, 0.3) is 0 Å². The summed E-state index contributed by atoms with van der Waals surface area (Å²) in [6, 6.07) is 6.16. The van der Waals surface area contributed by atoms with Gasteiger partial charge < -0.3 is 9.53 Å². The summed E-state index contributed by atoms with van der Waals surface area (Å²) in [7, 11) is 0. The number of hydrogen-bond donors (Lipinski definition) is 0. The molecule has 2 nitrogen and oxygen atoms in total. The van der Waals surface area contributed by atoms with Crippen molar-refractivity contribution in [3.8, 4) is 5.75 Å². The molecule has 0 unspecified atom stereocenters. The standard InChI is InChI=1S/C10H9F3O2/c11-10(12,13)7-15-9-4-2-1-3-8(9)5-6-14/h1-4,6H,5,7H2. The molecule has 82 valence electrons. The number of aldehydes is 1. The Hall–Kier alpha value is -1.52. The minimum atomic E-state index is -4.37. The molecule has 1 aromatic carbocycles. The van der Waals surface area contributed by atoms with Crippen LogP contribution in [-0.2, 0) is 11.2 Å². The molecule has 1 rings (SSSR count). The molecule has 0 bridgehead atoms. The lowest BCUT2D eigenvalue weighted by Crippen LogP contribution is -2.19. The third-order valence-electron chi connectivity index (χ3n) is 1.67. The van der Waals surface area contributed by atoms with Crippen molar-refractivity contribution >= 4 is 6.29 Å². The Morgan fingerprint density at radius 1 is 1.27 bits per heavy atom. The molecule has 0 saturated carbocycles. The number of benzene rings is 1. The Morgan fingerprint density at radius 2 is 1.93 bits per heavy atom. The Morgan fingerprint density at radius 3 is 2.53 bits per heavy atom. The predicted molar refractivity (Wildman–Crippen MR) is 47.8 cm³/mol. The maximum absolute atomic E-state index is 11.9. The van der Waals surface area contributed by atoms with Crippen LogP contribution in [0.5, 0.6) is 5.75 Å². The maximum atomic E-state index is 11.9. The van der Waals surface area contributed by atoms with E-state index in [9.17, 15) is 18.0 Å². The number of halogens is 3.